The van der Waals surface area contributed by atoms with Gasteiger partial charge in [0.1, 0.15) is 0 Å². The molecule has 6 nitrogen and oxygen atoms in total. The van der Waals surface area contributed by atoms with Gasteiger partial charge in [-0.1, -0.05) is 20.3 Å². The zero-order chi connectivity index (χ0) is 17.1. The maximum atomic E-state index is 12.1. The van der Waals surface area contributed by atoms with Crippen molar-refractivity contribution in [3.63, 3.8) is 0 Å². The summed E-state index contributed by atoms with van der Waals surface area (Å²) < 4.78 is 51.2. The molecule has 23 heavy (non-hydrogen) atoms. The van der Waals surface area contributed by atoms with Crippen molar-refractivity contribution in [3.05, 3.63) is 18.2 Å². The largest absolute Gasteiger partial charge is 0.284 e. The Morgan fingerprint density at radius 2 is 1.83 bits per heavy atom. The van der Waals surface area contributed by atoms with E-state index in [9.17, 15) is 16.8 Å². The lowest BCUT2D eigenvalue weighted by Gasteiger charge is -2.07. The van der Waals surface area contributed by atoms with E-state index < -0.39 is 19.9 Å². The van der Waals surface area contributed by atoms with Gasteiger partial charge in [0, 0.05) is 0 Å². The van der Waals surface area contributed by atoms with Crippen LogP contribution < -0.4 is 4.72 Å². The minimum absolute atomic E-state index is 0.0589. The highest BCUT2D eigenvalue weighted by Crippen LogP contribution is 2.29. The fourth-order valence-electron chi connectivity index (χ4n) is 2.02. The number of hydrogen-bond acceptors (Lipinski definition) is 6. The van der Waals surface area contributed by atoms with Crippen LogP contribution in [0.2, 0.25) is 0 Å². The SMILES string of the molecule is CCCCS(=O)(=O)Nc1ccc2nc(S(=O)(=O)CCC)sc2c1. The van der Waals surface area contributed by atoms with Gasteiger partial charge in [-0.2, -0.15) is 0 Å². The fourth-order valence-corrected chi connectivity index (χ4v) is 5.99. The van der Waals surface area contributed by atoms with Gasteiger partial charge in [0.05, 0.1) is 27.4 Å². The summed E-state index contributed by atoms with van der Waals surface area (Å²) in [4.78, 5) is 4.14. The second-order valence-corrected chi connectivity index (χ2v) is 10.4. The van der Waals surface area contributed by atoms with Gasteiger partial charge in [0.25, 0.3) is 0 Å². The van der Waals surface area contributed by atoms with Gasteiger partial charge in [-0.25, -0.2) is 21.8 Å². The first-order valence-electron chi connectivity index (χ1n) is 7.41. The molecule has 1 heterocycles. The molecule has 0 unspecified atom stereocenters. The third-order valence-electron chi connectivity index (χ3n) is 3.15. The van der Waals surface area contributed by atoms with Crippen molar-refractivity contribution in [3.8, 4) is 0 Å². The van der Waals surface area contributed by atoms with E-state index >= 15 is 0 Å². The summed E-state index contributed by atoms with van der Waals surface area (Å²) in [5.74, 6) is 0.129. The van der Waals surface area contributed by atoms with E-state index in [0.717, 1.165) is 17.8 Å². The second kappa shape index (κ2) is 7.14. The van der Waals surface area contributed by atoms with Crippen LogP contribution in [0.1, 0.15) is 33.1 Å². The van der Waals surface area contributed by atoms with Gasteiger partial charge in [0.15, 0.2) is 0 Å². The van der Waals surface area contributed by atoms with Crippen molar-refractivity contribution < 1.29 is 16.8 Å². The smallest absolute Gasteiger partial charge is 0.232 e. The molecule has 1 aromatic carbocycles. The molecule has 9 heteroatoms. The average molecular weight is 377 g/mol. The van der Waals surface area contributed by atoms with Crippen LogP contribution in [-0.2, 0) is 19.9 Å². The molecule has 0 aliphatic carbocycles. The summed E-state index contributed by atoms with van der Waals surface area (Å²) in [5, 5.41) is 0. The number of sulfone groups is 1. The van der Waals surface area contributed by atoms with Crippen molar-refractivity contribution in [2.45, 2.75) is 37.4 Å². The number of nitrogens with one attached hydrogen (secondary N) is 1. The van der Waals surface area contributed by atoms with Gasteiger partial charge in [-0.15, -0.1) is 11.3 Å². The Morgan fingerprint density at radius 3 is 2.48 bits per heavy atom. The Balaban J connectivity index is 2.29. The number of thiazole rings is 1. The molecular weight excluding hydrogens is 356 g/mol. The highest BCUT2D eigenvalue weighted by atomic mass is 32.2. The molecule has 2 rings (SSSR count). The molecule has 0 saturated carbocycles. The van der Waals surface area contributed by atoms with Crippen LogP contribution in [0.25, 0.3) is 10.2 Å². The van der Waals surface area contributed by atoms with Crippen LogP contribution in [0.3, 0.4) is 0 Å². The Labute approximate surface area is 140 Å². The number of nitrogens with zero attached hydrogens (tertiary/aromatic N) is 1. The minimum atomic E-state index is -3.38. The van der Waals surface area contributed by atoms with Crippen LogP contribution in [-0.4, -0.2) is 33.3 Å². The van der Waals surface area contributed by atoms with Crippen molar-refractivity contribution in [1.82, 2.24) is 4.98 Å². The van der Waals surface area contributed by atoms with E-state index in [4.69, 9.17) is 0 Å². The molecule has 0 fully saturated rings. The number of unbranched alkanes of at least 4 members (excludes halogenated alkanes) is 1. The van der Waals surface area contributed by atoms with E-state index in [1.54, 1.807) is 25.1 Å². The van der Waals surface area contributed by atoms with Crippen LogP contribution >= 0.6 is 11.3 Å². The van der Waals surface area contributed by atoms with Gasteiger partial charge >= 0.3 is 0 Å². The van der Waals surface area contributed by atoms with Crippen LogP contribution in [0, 0.1) is 0 Å². The van der Waals surface area contributed by atoms with Crippen molar-refractivity contribution >= 4 is 47.1 Å². The highest BCUT2D eigenvalue weighted by Gasteiger charge is 2.19. The van der Waals surface area contributed by atoms with Crippen molar-refractivity contribution in [2.24, 2.45) is 0 Å². The maximum Gasteiger partial charge on any atom is 0.232 e. The van der Waals surface area contributed by atoms with Crippen molar-refractivity contribution in [1.29, 1.82) is 0 Å². The number of rotatable bonds is 8. The highest BCUT2D eigenvalue weighted by molar-refractivity contribution is 7.93. The second-order valence-electron chi connectivity index (χ2n) is 5.26. The molecule has 0 saturated heterocycles. The molecule has 0 atom stereocenters. The zero-order valence-electron chi connectivity index (χ0n) is 13.1. The monoisotopic (exact) mass is 376 g/mol. The topological polar surface area (TPSA) is 93.2 Å². The van der Waals surface area contributed by atoms with Gasteiger partial charge in [-0.05, 0) is 31.0 Å². The van der Waals surface area contributed by atoms with E-state index in [-0.39, 0.29) is 15.8 Å². The Kier molecular flexibility index (Phi) is 5.64. The molecular formula is C14H20N2O4S3. The molecule has 2 aromatic rings. The summed E-state index contributed by atoms with van der Waals surface area (Å²) in [6, 6.07) is 4.86. The first kappa shape index (κ1) is 18.2. The predicted octanol–water partition coefficient (Wildman–Crippen LogP) is 3.02. The lowest BCUT2D eigenvalue weighted by molar-refractivity contribution is 0.593. The van der Waals surface area contributed by atoms with E-state index in [0.29, 0.717) is 28.7 Å². The lowest BCUT2D eigenvalue weighted by atomic mass is 10.3. The summed E-state index contributed by atoms with van der Waals surface area (Å²) in [5.41, 5.74) is 0.984. The standard InChI is InChI=1S/C14H20N2O4S3/c1-3-5-9-23(19,20)16-11-6-7-12-13(10-11)21-14(15-12)22(17,18)8-4-2/h6-7,10,16H,3-5,8-9H2,1-2H3. The summed E-state index contributed by atoms with van der Waals surface area (Å²) >= 11 is 1.07. The van der Waals surface area contributed by atoms with Gasteiger partial charge in [-0.3, -0.25) is 4.72 Å². The Hall–Kier alpha value is -1.19. The lowest BCUT2D eigenvalue weighted by Crippen LogP contribution is -2.16. The van der Waals surface area contributed by atoms with E-state index in [1.165, 1.54) is 0 Å². The normalized spacial score (nSPS) is 12.6. The van der Waals surface area contributed by atoms with E-state index in [2.05, 4.69) is 9.71 Å². The molecule has 0 radical (unpaired) electrons. The van der Waals surface area contributed by atoms with E-state index in [1.807, 2.05) is 6.92 Å². The molecule has 0 spiro atoms. The molecule has 0 aliphatic rings. The molecule has 0 amide bonds. The first-order valence-corrected chi connectivity index (χ1v) is 11.5. The average Bonchev–Trinajstić information content (AvgIpc) is 2.89. The predicted molar refractivity (Wildman–Crippen MR) is 94.3 cm³/mol. The third-order valence-corrected chi connectivity index (χ3v) is 7.91. The molecule has 1 aromatic heterocycles. The minimum Gasteiger partial charge on any atom is -0.284 e. The number of sulfonamides is 1. The summed E-state index contributed by atoms with van der Waals surface area (Å²) in [6.45, 7) is 3.73. The van der Waals surface area contributed by atoms with Crippen LogP contribution in [0.15, 0.2) is 22.5 Å². The van der Waals surface area contributed by atoms with Crippen molar-refractivity contribution in [2.75, 3.05) is 16.2 Å². The number of anilines is 1. The molecule has 1 N–H and O–H groups in total. The first-order chi connectivity index (χ1) is 10.8. The maximum absolute atomic E-state index is 12.1. The summed E-state index contributed by atoms with van der Waals surface area (Å²) in [6.07, 6.45) is 1.92. The molecule has 0 aliphatic heterocycles. The number of benzene rings is 1. The number of fused-ring (bicyclic) bond motifs is 1. The summed E-state index contributed by atoms with van der Waals surface area (Å²) in [7, 11) is -6.74. The van der Waals surface area contributed by atoms with Crippen LogP contribution in [0.5, 0.6) is 0 Å². The Bertz CT molecular complexity index is 886. The fraction of sp³-hybridized carbons (Fsp3) is 0.500. The van der Waals surface area contributed by atoms with Crippen LogP contribution in [0.4, 0.5) is 5.69 Å². The molecule has 128 valence electrons. The van der Waals surface area contributed by atoms with Gasteiger partial charge in [0.2, 0.25) is 24.2 Å². The third kappa shape index (κ3) is 4.65. The zero-order valence-corrected chi connectivity index (χ0v) is 15.5. The number of aromatic nitrogens is 1. The quantitative estimate of drug-likeness (QED) is 0.764. The number of hydrogen-bond donors (Lipinski definition) is 1. The Morgan fingerprint density at radius 1 is 1.09 bits per heavy atom. The molecule has 0 bridgehead atoms. The van der Waals surface area contributed by atoms with Gasteiger partial charge < -0.3 is 0 Å².